The highest BCUT2D eigenvalue weighted by Crippen LogP contribution is 2.29. The first-order valence-electron chi connectivity index (χ1n) is 7.45. The fourth-order valence-corrected chi connectivity index (χ4v) is 3.19. The Morgan fingerprint density at radius 2 is 1.95 bits per heavy atom. The van der Waals surface area contributed by atoms with E-state index in [2.05, 4.69) is 5.32 Å². The lowest BCUT2D eigenvalue weighted by Gasteiger charge is -2.22. The molecule has 1 saturated carbocycles. The van der Waals surface area contributed by atoms with E-state index in [-0.39, 0.29) is 30.1 Å². The molecule has 1 saturated heterocycles. The number of halogens is 1. The van der Waals surface area contributed by atoms with Crippen molar-refractivity contribution in [3.63, 3.8) is 0 Å². The number of hydrogen-bond donors (Lipinski definition) is 1. The Morgan fingerprint density at radius 3 is 2.62 bits per heavy atom. The average molecular weight is 290 g/mol. The topological polar surface area (TPSA) is 49.4 Å². The van der Waals surface area contributed by atoms with Crippen LogP contribution in [0.4, 0.5) is 10.1 Å². The van der Waals surface area contributed by atoms with Gasteiger partial charge in [0.25, 0.3) is 5.91 Å². The number of benzene rings is 1. The van der Waals surface area contributed by atoms with Gasteiger partial charge < -0.3 is 5.32 Å². The molecule has 3 rings (SSSR count). The van der Waals surface area contributed by atoms with Crippen molar-refractivity contribution < 1.29 is 14.0 Å². The maximum atomic E-state index is 13.5. The lowest BCUT2D eigenvalue weighted by atomic mass is 10.2. The van der Waals surface area contributed by atoms with Gasteiger partial charge in [-0.3, -0.25) is 14.5 Å². The van der Waals surface area contributed by atoms with E-state index in [1.54, 1.807) is 19.1 Å². The third-order valence-electron chi connectivity index (χ3n) is 4.39. The second kappa shape index (κ2) is 5.47. The molecule has 0 radical (unpaired) electrons. The minimum atomic E-state index is -0.569. The van der Waals surface area contributed by atoms with Crippen molar-refractivity contribution in [3.8, 4) is 0 Å². The van der Waals surface area contributed by atoms with E-state index >= 15 is 0 Å². The molecule has 5 heteroatoms. The highest BCUT2D eigenvalue weighted by molar-refractivity contribution is 6.07. The molecular formula is C16H19FN2O2. The monoisotopic (exact) mass is 290 g/mol. The highest BCUT2D eigenvalue weighted by Gasteiger charge is 2.42. The molecule has 112 valence electrons. The van der Waals surface area contributed by atoms with Crippen molar-refractivity contribution in [2.75, 3.05) is 5.32 Å². The van der Waals surface area contributed by atoms with Crippen LogP contribution in [0.25, 0.3) is 0 Å². The van der Waals surface area contributed by atoms with E-state index in [1.807, 2.05) is 0 Å². The summed E-state index contributed by atoms with van der Waals surface area (Å²) in [4.78, 5) is 25.9. The molecule has 1 aliphatic carbocycles. The molecule has 1 aromatic carbocycles. The molecule has 1 atom stereocenters. The molecule has 1 N–H and O–H groups in total. The second-order valence-corrected chi connectivity index (χ2v) is 5.91. The number of carbonyl (C=O) groups excluding carboxylic acids is 2. The van der Waals surface area contributed by atoms with E-state index in [0.717, 1.165) is 25.7 Å². The quantitative estimate of drug-likeness (QED) is 0.871. The van der Waals surface area contributed by atoms with Crippen molar-refractivity contribution in [2.24, 2.45) is 0 Å². The van der Waals surface area contributed by atoms with E-state index in [0.29, 0.717) is 11.3 Å². The number of nitrogens with zero attached hydrogens (tertiary/aromatic N) is 1. The van der Waals surface area contributed by atoms with E-state index in [1.165, 1.54) is 11.0 Å². The minimum absolute atomic E-state index is 0.0616. The van der Waals surface area contributed by atoms with Gasteiger partial charge in [-0.15, -0.1) is 0 Å². The van der Waals surface area contributed by atoms with Gasteiger partial charge in [0.05, 0.1) is 6.42 Å². The molecule has 2 amide bonds. The smallest absolute Gasteiger partial charge is 0.252 e. The van der Waals surface area contributed by atoms with Crippen molar-refractivity contribution >= 4 is 17.5 Å². The average Bonchev–Trinajstić information content (AvgIpc) is 3.04. The molecule has 0 aromatic heterocycles. The third-order valence-corrected chi connectivity index (χ3v) is 4.39. The SMILES string of the molecule is Cc1ccc(NC2CC(=O)N(C3CCCC3)C2=O)cc1F. The number of likely N-dealkylation sites (tertiary alicyclic amines) is 1. The van der Waals surface area contributed by atoms with Gasteiger partial charge in [0.15, 0.2) is 0 Å². The molecule has 4 nitrogen and oxygen atoms in total. The maximum Gasteiger partial charge on any atom is 0.252 e. The van der Waals surface area contributed by atoms with Gasteiger partial charge in [0.2, 0.25) is 5.91 Å². The van der Waals surface area contributed by atoms with Gasteiger partial charge in [0.1, 0.15) is 11.9 Å². The zero-order chi connectivity index (χ0) is 15.0. The molecule has 21 heavy (non-hydrogen) atoms. The van der Waals surface area contributed by atoms with Crippen molar-refractivity contribution in [3.05, 3.63) is 29.6 Å². The number of nitrogens with one attached hydrogen (secondary N) is 1. The zero-order valence-electron chi connectivity index (χ0n) is 12.1. The third kappa shape index (κ3) is 2.64. The van der Waals surface area contributed by atoms with E-state index in [4.69, 9.17) is 0 Å². The summed E-state index contributed by atoms with van der Waals surface area (Å²) in [5, 5.41) is 2.99. The maximum absolute atomic E-state index is 13.5. The van der Waals surface area contributed by atoms with Crippen LogP contribution >= 0.6 is 0 Å². The van der Waals surface area contributed by atoms with Gasteiger partial charge in [-0.25, -0.2) is 4.39 Å². The Hall–Kier alpha value is -1.91. The highest BCUT2D eigenvalue weighted by atomic mass is 19.1. The van der Waals surface area contributed by atoms with Crippen LogP contribution in [0.5, 0.6) is 0 Å². The summed E-state index contributed by atoms with van der Waals surface area (Å²) in [6.45, 7) is 1.69. The number of rotatable bonds is 3. The Bertz CT molecular complexity index is 582. The summed E-state index contributed by atoms with van der Waals surface area (Å²) >= 11 is 0. The summed E-state index contributed by atoms with van der Waals surface area (Å²) < 4.78 is 13.5. The number of hydrogen-bond acceptors (Lipinski definition) is 3. The number of carbonyl (C=O) groups is 2. The predicted octanol–water partition coefficient (Wildman–Crippen LogP) is 2.62. The van der Waals surface area contributed by atoms with Crippen LogP contribution < -0.4 is 5.32 Å². The fourth-order valence-electron chi connectivity index (χ4n) is 3.19. The summed E-state index contributed by atoms with van der Waals surface area (Å²) in [7, 11) is 0. The predicted molar refractivity (Wildman–Crippen MR) is 77.3 cm³/mol. The molecule has 2 aliphatic rings. The molecular weight excluding hydrogens is 271 g/mol. The van der Waals surface area contributed by atoms with E-state index < -0.39 is 6.04 Å². The number of imide groups is 1. The molecule has 1 aromatic rings. The zero-order valence-corrected chi connectivity index (χ0v) is 12.1. The Balaban J connectivity index is 1.73. The standard InChI is InChI=1S/C16H19FN2O2/c1-10-6-7-11(8-13(10)17)18-14-9-15(20)19(16(14)21)12-4-2-3-5-12/h6-8,12,14,18H,2-5,9H2,1H3. The molecule has 1 unspecified atom stereocenters. The summed E-state index contributed by atoms with van der Waals surface area (Å²) in [5.41, 5.74) is 1.10. The first kappa shape index (κ1) is 14.0. The summed E-state index contributed by atoms with van der Waals surface area (Å²) in [6, 6.07) is 4.25. The van der Waals surface area contributed by atoms with Crippen LogP contribution in [-0.2, 0) is 9.59 Å². The first-order valence-corrected chi connectivity index (χ1v) is 7.45. The van der Waals surface area contributed by atoms with Crippen molar-refractivity contribution in [1.29, 1.82) is 0 Å². The normalized spacial score (nSPS) is 23.1. The number of anilines is 1. The van der Waals surface area contributed by atoms with Crippen LogP contribution in [0.3, 0.4) is 0 Å². The minimum Gasteiger partial charge on any atom is -0.373 e. The molecule has 0 spiro atoms. The van der Waals surface area contributed by atoms with Gasteiger partial charge in [0, 0.05) is 11.7 Å². The van der Waals surface area contributed by atoms with E-state index in [9.17, 15) is 14.0 Å². The van der Waals surface area contributed by atoms with Crippen molar-refractivity contribution in [2.45, 2.75) is 51.1 Å². The lowest BCUT2D eigenvalue weighted by Crippen LogP contribution is -2.40. The van der Waals surface area contributed by atoms with Gasteiger partial charge in [-0.2, -0.15) is 0 Å². The van der Waals surface area contributed by atoms with Gasteiger partial charge in [-0.05, 0) is 37.5 Å². The lowest BCUT2D eigenvalue weighted by molar-refractivity contribution is -0.141. The Morgan fingerprint density at radius 1 is 1.24 bits per heavy atom. The Labute approximate surface area is 123 Å². The molecule has 2 fully saturated rings. The summed E-state index contributed by atoms with van der Waals surface area (Å²) in [6.07, 6.45) is 4.11. The molecule has 1 heterocycles. The van der Waals surface area contributed by atoms with Crippen LogP contribution in [-0.4, -0.2) is 28.8 Å². The summed E-state index contributed by atoms with van der Waals surface area (Å²) in [5.74, 6) is -0.603. The fraction of sp³-hybridized carbons (Fsp3) is 0.500. The second-order valence-electron chi connectivity index (χ2n) is 5.91. The number of aryl methyl sites for hydroxylation is 1. The number of amides is 2. The van der Waals surface area contributed by atoms with Crippen LogP contribution in [0.15, 0.2) is 18.2 Å². The van der Waals surface area contributed by atoms with Gasteiger partial charge in [-0.1, -0.05) is 18.9 Å². The van der Waals surface area contributed by atoms with Crippen LogP contribution in [0.1, 0.15) is 37.7 Å². The molecule has 1 aliphatic heterocycles. The van der Waals surface area contributed by atoms with Crippen LogP contribution in [0, 0.1) is 12.7 Å². The first-order chi connectivity index (χ1) is 10.1. The van der Waals surface area contributed by atoms with Crippen LogP contribution in [0.2, 0.25) is 0 Å². The van der Waals surface area contributed by atoms with Crippen molar-refractivity contribution in [1.82, 2.24) is 4.90 Å². The van der Waals surface area contributed by atoms with Gasteiger partial charge >= 0.3 is 0 Å². The largest absolute Gasteiger partial charge is 0.373 e. The Kier molecular flexibility index (Phi) is 3.66. The molecule has 0 bridgehead atoms.